The average molecular weight is 347 g/mol. The van der Waals surface area contributed by atoms with Crippen LogP contribution in [0, 0.1) is 0 Å². The Labute approximate surface area is 137 Å². The van der Waals surface area contributed by atoms with E-state index in [9.17, 15) is 23.5 Å². The number of para-hydroxylation sites is 1. The minimum Gasteiger partial charge on any atom is -0.383 e. The van der Waals surface area contributed by atoms with E-state index in [0.29, 0.717) is 22.0 Å². The number of nitrogens with one attached hydrogen (secondary N) is 1. The fourth-order valence-electron chi connectivity index (χ4n) is 2.30. The number of carbonyl (C=O) groups excluding carboxylic acids is 2. The van der Waals surface area contributed by atoms with Crippen LogP contribution in [0.5, 0.6) is 0 Å². The molecule has 1 aliphatic carbocycles. The van der Waals surface area contributed by atoms with Crippen molar-refractivity contribution in [3.63, 3.8) is 0 Å². The molecule has 0 radical (unpaired) electrons. The molecule has 0 atom stereocenters. The van der Waals surface area contributed by atoms with Crippen LogP contribution in [-0.4, -0.2) is 46.9 Å². The first-order valence-corrected chi connectivity index (χ1v) is 7.45. The summed E-state index contributed by atoms with van der Waals surface area (Å²) >= 11 is 5.88. The second-order valence-electron chi connectivity index (χ2n) is 5.65. The van der Waals surface area contributed by atoms with Crippen LogP contribution in [0.3, 0.4) is 0 Å². The normalized spacial score (nSPS) is 16.4. The topological polar surface area (TPSA) is 69.6 Å². The third-order valence-electron chi connectivity index (χ3n) is 3.91. The van der Waals surface area contributed by atoms with Gasteiger partial charge in [0.05, 0.1) is 17.3 Å². The molecule has 1 aromatic carbocycles. The maximum Gasteiger partial charge on any atom is 0.352 e. The molecule has 23 heavy (non-hydrogen) atoms. The molecular weight excluding hydrogens is 330 g/mol. The van der Waals surface area contributed by atoms with E-state index in [1.54, 1.807) is 24.3 Å². The standard InChI is InChI=1S/C15H17ClF2N2O3/c1-20(13(22)15(17,18)14(23)7-4-8-14)9-12(21)19-11-6-3-2-5-10(11)16/h2-3,5-6,23H,4,7-9H2,1H3,(H,19,21). The lowest BCUT2D eigenvalue weighted by molar-refractivity contribution is -0.222. The van der Waals surface area contributed by atoms with Crippen LogP contribution in [0.25, 0.3) is 0 Å². The molecule has 0 saturated heterocycles. The molecule has 126 valence electrons. The molecule has 0 spiro atoms. The Kier molecular flexibility index (Phi) is 4.91. The van der Waals surface area contributed by atoms with E-state index >= 15 is 0 Å². The summed E-state index contributed by atoms with van der Waals surface area (Å²) in [6, 6.07) is 6.43. The third kappa shape index (κ3) is 3.45. The summed E-state index contributed by atoms with van der Waals surface area (Å²) in [6.45, 7) is -0.574. The SMILES string of the molecule is CN(CC(=O)Nc1ccccc1Cl)C(=O)C(F)(F)C1(O)CCC1. The number of rotatable bonds is 5. The predicted molar refractivity (Wildman–Crippen MR) is 81.5 cm³/mol. The third-order valence-corrected chi connectivity index (χ3v) is 4.24. The van der Waals surface area contributed by atoms with Crippen molar-refractivity contribution in [1.82, 2.24) is 4.90 Å². The van der Waals surface area contributed by atoms with E-state index in [4.69, 9.17) is 11.6 Å². The summed E-state index contributed by atoms with van der Waals surface area (Å²) < 4.78 is 28.1. The van der Waals surface area contributed by atoms with Crippen molar-refractivity contribution in [2.24, 2.45) is 0 Å². The molecule has 0 unspecified atom stereocenters. The molecule has 2 amide bonds. The Balaban J connectivity index is 1.98. The monoisotopic (exact) mass is 346 g/mol. The Morgan fingerprint density at radius 1 is 1.39 bits per heavy atom. The summed E-state index contributed by atoms with van der Waals surface area (Å²) in [6.07, 6.45) is 0.173. The molecule has 8 heteroatoms. The van der Waals surface area contributed by atoms with Crippen molar-refractivity contribution in [2.75, 3.05) is 18.9 Å². The molecule has 0 bridgehead atoms. The van der Waals surface area contributed by atoms with Crippen molar-refractivity contribution >= 4 is 29.1 Å². The van der Waals surface area contributed by atoms with Gasteiger partial charge in [0, 0.05) is 7.05 Å². The Morgan fingerprint density at radius 2 is 2.00 bits per heavy atom. The van der Waals surface area contributed by atoms with Gasteiger partial charge in [0.1, 0.15) is 5.60 Å². The summed E-state index contributed by atoms with van der Waals surface area (Å²) in [4.78, 5) is 24.3. The number of likely N-dealkylation sites (N-methyl/N-ethyl adjacent to an activating group) is 1. The van der Waals surface area contributed by atoms with Gasteiger partial charge in [0.2, 0.25) is 5.91 Å². The van der Waals surface area contributed by atoms with Crippen LogP contribution in [0.15, 0.2) is 24.3 Å². The van der Waals surface area contributed by atoms with Gasteiger partial charge >= 0.3 is 5.92 Å². The van der Waals surface area contributed by atoms with Crippen molar-refractivity contribution < 1.29 is 23.5 Å². The fraction of sp³-hybridized carbons (Fsp3) is 0.467. The van der Waals surface area contributed by atoms with Crippen LogP contribution in [0.4, 0.5) is 14.5 Å². The molecule has 0 aliphatic heterocycles. The van der Waals surface area contributed by atoms with E-state index in [1.165, 1.54) is 0 Å². The minimum absolute atomic E-state index is 0.134. The smallest absolute Gasteiger partial charge is 0.352 e. The first-order valence-electron chi connectivity index (χ1n) is 7.07. The molecule has 5 nitrogen and oxygen atoms in total. The van der Waals surface area contributed by atoms with Gasteiger partial charge in [0.25, 0.3) is 5.91 Å². The summed E-state index contributed by atoms with van der Waals surface area (Å²) in [5.41, 5.74) is -1.98. The van der Waals surface area contributed by atoms with Gasteiger partial charge in [-0.2, -0.15) is 8.78 Å². The number of alkyl halides is 2. The summed E-state index contributed by atoms with van der Waals surface area (Å²) in [7, 11) is 1.09. The number of amides is 2. The lowest BCUT2D eigenvalue weighted by Gasteiger charge is -2.42. The molecule has 1 aromatic rings. The Morgan fingerprint density at radius 3 is 2.52 bits per heavy atom. The average Bonchev–Trinajstić information content (AvgIpc) is 2.46. The summed E-state index contributed by atoms with van der Waals surface area (Å²) in [5, 5.41) is 12.5. The number of benzene rings is 1. The number of aliphatic hydroxyl groups is 1. The molecule has 0 aromatic heterocycles. The predicted octanol–water partition coefficient (Wildman–Crippen LogP) is 2.29. The molecule has 1 saturated carbocycles. The Bertz CT molecular complexity index is 620. The highest BCUT2D eigenvalue weighted by Crippen LogP contribution is 2.44. The first kappa shape index (κ1) is 17.6. The minimum atomic E-state index is -3.91. The second kappa shape index (κ2) is 6.41. The highest BCUT2D eigenvalue weighted by molar-refractivity contribution is 6.33. The van der Waals surface area contributed by atoms with Gasteiger partial charge in [-0.05, 0) is 31.4 Å². The molecule has 1 fully saturated rings. The number of hydrogen-bond donors (Lipinski definition) is 2. The van der Waals surface area contributed by atoms with Crippen molar-refractivity contribution in [3.8, 4) is 0 Å². The lowest BCUT2D eigenvalue weighted by atomic mass is 9.75. The number of carbonyl (C=O) groups is 2. The van der Waals surface area contributed by atoms with Crippen LogP contribution in [-0.2, 0) is 9.59 Å². The number of hydrogen-bond acceptors (Lipinski definition) is 3. The van der Waals surface area contributed by atoms with Gasteiger partial charge < -0.3 is 15.3 Å². The first-order chi connectivity index (χ1) is 10.7. The zero-order chi connectivity index (χ0) is 17.3. The molecular formula is C15H17ClF2N2O3. The lowest BCUT2D eigenvalue weighted by Crippen LogP contribution is -2.61. The maximum atomic E-state index is 14.0. The molecule has 2 N–H and O–H groups in total. The van der Waals surface area contributed by atoms with Crippen LogP contribution in [0.1, 0.15) is 19.3 Å². The van der Waals surface area contributed by atoms with Crippen molar-refractivity contribution in [3.05, 3.63) is 29.3 Å². The van der Waals surface area contributed by atoms with Gasteiger partial charge in [-0.1, -0.05) is 23.7 Å². The summed E-state index contributed by atoms with van der Waals surface area (Å²) in [5.74, 6) is -6.15. The maximum absolute atomic E-state index is 14.0. The van der Waals surface area contributed by atoms with Gasteiger partial charge in [-0.15, -0.1) is 0 Å². The van der Waals surface area contributed by atoms with E-state index in [1.807, 2.05) is 0 Å². The van der Waals surface area contributed by atoms with Gasteiger partial charge in [-0.3, -0.25) is 9.59 Å². The van der Waals surface area contributed by atoms with E-state index in [2.05, 4.69) is 5.32 Å². The molecule has 2 rings (SSSR count). The number of anilines is 1. The van der Waals surface area contributed by atoms with Crippen LogP contribution < -0.4 is 5.32 Å². The number of nitrogens with zero attached hydrogens (tertiary/aromatic N) is 1. The molecule has 0 heterocycles. The second-order valence-corrected chi connectivity index (χ2v) is 6.06. The fourth-order valence-corrected chi connectivity index (χ4v) is 2.49. The van der Waals surface area contributed by atoms with Crippen molar-refractivity contribution in [2.45, 2.75) is 30.8 Å². The van der Waals surface area contributed by atoms with E-state index < -0.39 is 29.9 Å². The quantitative estimate of drug-likeness (QED) is 0.859. The highest BCUT2D eigenvalue weighted by Gasteiger charge is 2.62. The molecule has 1 aliphatic rings. The Hall–Kier alpha value is -1.73. The van der Waals surface area contributed by atoms with Crippen LogP contribution >= 0.6 is 11.6 Å². The van der Waals surface area contributed by atoms with E-state index in [-0.39, 0.29) is 12.8 Å². The zero-order valence-electron chi connectivity index (χ0n) is 12.5. The van der Waals surface area contributed by atoms with Crippen LogP contribution in [0.2, 0.25) is 5.02 Å². The van der Waals surface area contributed by atoms with Gasteiger partial charge in [0.15, 0.2) is 0 Å². The largest absolute Gasteiger partial charge is 0.383 e. The number of halogens is 3. The van der Waals surface area contributed by atoms with Crippen molar-refractivity contribution in [1.29, 1.82) is 0 Å². The highest BCUT2D eigenvalue weighted by atomic mass is 35.5. The van der Waals surface area contributed by atoms with Gasteiger partial charge in [-0.25, -0.2) is 0 Å². The van der Waals surface area contributed by atoms with E-state index in [0.717, 1.165) is 7.05 Å². The zero-order valence-corrected chi connectivity index (χ0v) is 13.2.